The van der Waals surface area contributed by atoms with Gasteiger partial charge in [0.2, 0.25) is 0 Å². The van der Waals surface area contributed by atoms with Gasteiger partial charge >= 0.3 is 11.9 Å². The second-order valence-electron chi connectivity index (χ2n) is 14.5. The zero-order valence-corrected chi connectivity index (χ0v) is 32.8. The predicted octanol–water partition coefficient (Wildman–Crippen LogP) is 8.96. The summed E-state index contributed by atoms with van der Waals surface area (Å²) in [7, 11) is 5.38. The summed E-state index contributed by atoms with van der Waals surface area (Å²) in [5, 5.41) is 11.6. The smallest absolute Gasteiger partial charge is 0.306 e. The van der Waals surface area contributed by atoms with Crippen molar-refractivity contribution in [2.45, 2.75) is 174 Å². The maximum absolute atomic E-state index is 12.6. The highest BCUT2D eigenvalue weighted by Crippen LogP contribution is 2.12. The molecule has 0 aromatic heterocycles. The van der Waals surface area contributed by atoms with Crippen LogP contribution in [0.4, 0.5) is 0 Å². The number of hydrogen-bond acceptors (Lipinski definition) is 7. The predicted molar refractivity (Wildman–Crippen MR) is 203 cm³/mol. The maximum atomic E-state index is 12.6. The van der Waals surface area contributed by atoms with Crippen LogP contribution in [0, 0.1) is 0 Å². The lowest BCUT2D eigenvalue weighted by atomic mass is 10.1. The zero-order chi connectivity index (χ0) is 37.1. The van der Waals surface area contributed by atoms with Crippen molar-refractivity contribution in [3.8, 4) is 0 Å². The van der Waals surface area contributed by atoms with Crippen molar-refractivity contribution in [2.75, 3.05) is 41.0 Å². The number of likely N-dealkylation sites (N-methyl/N-ethyl adjacent to an activating group) is 1. The number of allylic oxidation sites excluding steroid dienone is 6. The number of nitrogens with zero attached hydrogens (tertiary/aromatic N) is 1. The normalized spacial score (nSPS) is 13.4. The quantitative estimate of drug-likeness (QED) is 0.0281. The van der Waals surface area contributed by atoms with Crippen LogP contribution in [0.3, 0.4) is 0 Å². The molecule has 2 unspecified atom stereocenters. The first-order valence-corrected chi connectivity index (χ1v) is 20.0. The molecule has 0 heterocycles. The van der Waals surface area contributed by atoms with Gasteiger partial charge in [-0.05, 0) is 44.9 Å². The molecule has 50 heavy (non-hydrogen) atoms. The molecule has 290 valence electrons. The SMILES string of the molecule is CCCCCCCC/C=C/C/C=C/C/C=C/CCCC(=O)OC(COCCC(C(=O)[O-])[N+](C)(C)C)COC(=O)CCCCCCCCCCC. The molecule has 0 aliphatic rings. The molecular formula is C42H75NO7. The van der Waals surface area contributed by atoms with Crippen LogP contribution in [0.15, 0.2) is 36.5 Å². The fraction of sp³-hybridized carbons (Fsp3) is 0.786. The molecule has 2 atom stereocenters. The Hall–Kier alpha value is -2.45. The second-order valence-corrected chi connectivity index (χ2v) is 14.5. The molecule has 0 rings (SSSR count). The summed E-state index contributed by atoms with van der Waals surface area (Å²) >= 11 is 0. The van der Waals surface area contributed by atoms with Crippen molar-refractivity contribution in [1.82, 2.24) is 0 Å². The molecule has 8 nitrogen and oxygen atoms in total. The monoisotopic (exact) mass is 706 g/mol. The number of esters is 2. The Kier molecular flexibility index (Phi) is 32.0. The number of quaternary nitrogens is 1. The van der Waals surface area contributed by atoms with Crippen LogP contribution in [-0.4, -0.2) is 75.5 Å². The Balaban J connectivity index is 4.47. The van der Waals surface area contributed by atoms with Crippen molar-refractivity contribution in [2.24, 2.45) is 0 Å². The van der Waals surface area contributed by atoms with Crippen LogP contribution in [0.25, 0.3) is 0 Å². The van der Waals surface area contributed by atoms with E-state index in [2.05, 4.69) is 50.3 Å². The lowest BCUT2D eigenvalue weighted by Gasteiger charge is -2.34. The summed E-state index contributed by atoms with van der Waals surface area (Å²) in [5.41, 5.74) is 0. The van der Waals surface area contributed by atoms with E-state index in [-0.39, 0.29) is 49.1 Å². The van der Waals surface area contributed by atoms with Gasteiger partial charge in [-0.1, -0.05) is 134 Å². The standard InChI is InChI=1S/C42H75NO7/c1-6-8-10-12-14-16-17-18-19-20-21-22-23-25-27-29-31-33-41(45)50-38(36-48-35-34-39(42(46)47)43(3,4)5)37-49-40(44)32-30-28-26-24-15-13-11-9-7-2/h18-19,21-22,25,27,38-39H,6-17,20,23-24,26,28-37H2,1-5H3/b19-18+,22-21+,27-25+. The summed E-state index contributed by atoms with van der Waals surface area (Å²) in [5.74, 6) is -1.81. The van der Waals surface area contributed by atoms with Gasteiger partial charge in [-0.2, -0.15) is 0 Å². The van der Waals surface area contributed by atoms with E-state index in [9.17, 15) is 19.5 Å². The van der Waals surface area contributed by atoms with Gasteiger partial charge in [0.1, 0.15) is 12.6 Å². The van der Waals surface area contributed by atoms with E-state index in [1.807, 2.05) is 0 Å². The molecule has 0 aromatic carbocycles. The third-order valence-corrected chi connectivity index (χ3v) is 8.78. The number of carboxylic acids is 1. The minimum atomic E-state index is -1.13. The Morgan fingerprint density at radius 1 is 0.600 bits per heavy atom. The van der Waals surface area contributed by atoms with Crippen LogP contribution < -0.4 is 5.11 Å². The summed E-state index contributed by atoms with van der Waals surface area (Å²) in [6.07, 6.45) is 36.1. The van der Waals surface area contributed by atoms with Gasteiger partial charge in [-0.3, -0.25) is 9.59 Å². The third-order valence-electron chi connectivity index (χ3n) is 8.78. The van der Waals surface area contributed by atoms with Gasteiger partial charge in [0.05, 0.1) is 40.3 Å². The van der Waals surface area contributed by atoms with E-state index < -0.39 is 18.1 Å². The Morgan fingerprint density at radius 3 is 1.62 bits per heavy atom. The minimum Gasteiger partial charge on any atom is -0.544 e. The topological polar surface area (TPSA) is 102 Å². The lowest BCUT2D eigenvalue weighted by Crippen LogP contribution is -2.55. The van der Waals surface area contributed by atoms with E-state index in [4.69, 9.17) is 14.2 Å². The number of hydrogen-bond donors (Lipinski definition) is 0. The number of carboxylic acid groups (broad SMARTS) is 1. The van der Waals surface area contributed by atoms with Crippen molar-refractivity contribution < 1.29 is 38.2 Å². The summed E-state index contributed by atoms with van der Waals surface area (Å²) in [6.45, 7) is 4.57. The molecule has 0 N–H and O–H groups in total. The van der Waals surface area contributed by atoms with Crippen LogP contribution >= 0.6 is 0 Å². The van der Waals surface area contributed by atoms with Crippen molar-refractivity contribution in [3.05, 3.63) is 36.5 Å². The van der Waals surface area contributed by atoms with Gasteiger partial charge in [0, 0.05) is 19.3 Å². The minimum absolute atomic E-state index is 0.0223. The second kappa shape index (κ2) is 33.7. The highest BCUT2D eigenvalue weighted by molar-refractivity contribution is 5.70. The summed E-state index contributed by atoms with van der Waals surface area (Å²) in [6, 6.07) is -0.731. The first-order valence-electron chi connectivity index (χ1n) is 20.0. The fourth-order valence-electron chi connectivity index (χ4n) is 5.61. The Bertz CT molecular complexity index is 922. The van der Waals surface area contributed by atoms with E-state index in [0.29, 0.717) is 12.8 Å². The number of carbonyl (C=O) groups is 3. The molecular weight excluding hydrogens is 630 g/mol. The molecule has 0 fully saturated rings. The average molecular weight is 706 g/mol. The lowest BCUT2D eigenvalue weighted by molar-refractivity contribution is -0.889. The van der Waals surface area contributed by atoms with Gasteiger partial charge in [-0.25, -0.2) is 0 Å². The Morgan fingerprint density at radius 2 is 1.08 bits per heavy atom. The third kappa shape index (κ3) is 31.5. The van der Waals surface area contributed by atoms with Crippen LogP contribution in [0.5, 0.6) is 0 Å². The van der Waals surface area contributed by atoms with E-state index in [1.54, 1.807) is 21.1 Å². The highest BCUT2D eigenvalue weighted by Gasteiger charge is 2.25. The van der Waals surface area contributed by atoms with Crippen molar-refractivity contribution >= 4 is 17.9 Å². The summed E-state index contributed by atoms with van der Waals surface area (Å²) in [4.78, 5) is 36.6. The molecule has 0 radical (unpaired) electrons. The number of unbranched alkanes of at least 4 members (excludes halogenated alkanes) is 15. The molecule has 0 bridgehead atoms. The first kappa shape index (κ1) is 47.5. The number of carbonyl (C=O) groups excluding carboxylic acids is 3. The average Bonchev–Trinajstić information content (AvgIpc) is 3.06. The number of ether oxygens (including phenoxy) is 3. The molecule has 0 saturated carbocycles. The number of rotatable bonds is 35. The van der Waals surface area contributed by atoms with Gasteiger partial charge in [0.15, 0.2) is 6.10 Å². The first-order chi connectivity index (χ1) is 24.1. The van der Waals surface area contributed by atoms with Gasteiger partial charge in [0.25, 0.3) is 0 Å². The fourth-order valence-corrected chi connectivity index (χ4v) is 5.61. The molecule has 0 spiro atoms. The van der Waals surface area contributed by atoms with Crippen molar-refractivity contribution in [1.29, 1.82) is 0 Å². The van der Waals surface area contributed by atoms with Gasteiger partial charge in [-0.15, -0.1) is 0 Å². The molecule has 8 heteroatoms. The van der Waals surface area contributed by atoms with Crippen LogP contribution in [-0.2, 0) is 28.6 Å². The van der Waals surface area contributed by atoms with Crippen LogP contribution in [0.2, 0.25) is 0 Å². The van der Waals surface area contributed by atoms with Gasteiger partial charge < -0.3 is 28.6 Å². The maximum Gasteiger partial charge on any atom is 0.306 e. The van der Waals surface area contributed by atoms with E-state index in [0.717, 1.165) is 38.5 Å². The van der Waals surface area contributed by atoms with Crippen LogP contribution in [0.1, 0.15) is 162 Å². The van der Waals surface area contributed by atoms with E-state index in [1.165, 1.54) is 83.5 Å². The highest BCUT2D eigenvalue weighted by atomic mass is 16.6. The molecule has 0 aliphatic carbocycles. The molecule has 0 amide bonds. The molecule has 0 saturated heterocycles. The van der Waals surface area contributed by atoms with E-state index >= 15 is 0 Å². The molecule has 0 aliphatic heterocycles. The number of aliphatic carboxylic acids is 1. The summed E-state index contributed by atoms with van der Waals surface area (Å²) < 4.78 is 17.0. The largest absolute Gasteiger partial charge is 0.544 e. The molecule has 0 aromatic rings. The zero-order valence-electron chi connectivity index (χ0n) is 32.8. The van der Waals surface area contributed by atoms with Crippen molar-refractivity contribution in [3.63, 3.8) is 0 Å². The Labute approximate surface area is 306 Å².